The monoisotopic (exact) mass is 313 g/mol. The van der Waals surface area contributed by atoms with Gasteiger partial charge in [-0.2, -0.15) is 0 Å². The number of fused-ring (bicyclic) bond motifs is 2. The van der Waals surface area contributed by atoms with E-state index in [9.17, 15) is 4.79 Å². The SMILES string of the molecule is Cc1ncc(Oc2ccc(C(=O)N[C@@H]3C[C@H]4CC[C@@H]3N4)cc2)o1. The first-order chi connectivity index (χ1) is 11.2. The van der Waals surface area contributed by atoms with E-state index in [4.69, 9.17) is 9.15 Å². The highest BCUT2D eigenvalue weighted by Crippen LogP contribution is 2.28. The molecule has 2 aliphatic heterocycles. The Morgan fingerprint density at radius 1 is 1.35 bits per heavy atom. The quantitative estimate of drug-likeness (QED) is 0.906. The predicted molar refractivity (Wildman–Crippen MR) is 83.6 cm³/mol. The Morgan fingerprint density at radius 2 is 2.17 bits per heavy atom. The van der Waals surface area contributed by atoms with Gasteiger partial charge in [-0.1, -0.05) is 0 Å². The Morgan fingerprint density at radius 3 is 2.78 bits per heavy atom. The molecule has 1 aromatic carbocycles. The molecular formula is C17H19N3O3. The topological polar surface area (TPSA) is 76.4 Å². The summed E-state index contributed by atoms with van der Waals surface area (Å²) in [4.78, 5) is 16.3. The molecule has 2 saturated heterocycles. The van der Waals surface area contributed by atoms with Gasteiger partial charge in [-0.25, -0.2) is 4.98 Å². The van der Waals surface area contributed by atoms with Gasteiger partial charge in [0.15, 0.2) is 5.89 Å². The summed E-state index contributed by atoms with van der Waals surface area (Å²) in [5, 5.41) is 6.65. The predicted octanol–water partition coefficient (Wildman–Crippen LogP) is 2.40. The second-order valence-electron chi connectivity index (χ2n) is 6.19. The number of hydrogen-bond donors (Lipinski definition) is 2. The highest BCUT2D eigenvalue weighted by atomic mass is 16.6. The number of aromatic nitrogens is 1. The van der Waals surface area contributed by atoms with Crippen LogP contribution in [0.2, 0.25) is 0 Å². The van der Waals surface area contributed by atoms with Crippen LogP contribution in [-0.2, 0) is 0 Å². The van der Waals surface area contributed by atoms with Crippen LogP contribution in [0.1, 0.15) is 35.5 Å². The average Bonchev–Trinajstić information content (AvgIpc) is 3.25. The van der Waals surface area contributed by atoms with Gasteiger partial charge < -0.3 is 19.8 Å². The number of nitrogens with zero attached hydrogens (tertiary/aromatic N) is 1. The molecule has 4 rings (SSSR count). The van der Waals surface area contributed by atoms with Crippen LogP contribution in [-0.4, -0.2) is 29.0 Å². The molecule has 2 aliphatic rings. The van der Waals surface area contributed by atoms with E-state index in [1.165, 1.54) is 12.6 Å². The second-order valence-corrected chi connectivity index (χ2v) is 6.19. The number of amides is 1. The minimum absolute atomic E-state index is 0.0357. The molecule has 2 bridgehead atoms. The zero-order chi connectivity index (χ0) is 15.8. The van der Waals surface area contributed by atoms with E-state index < -0.39 is 0 Å². The molecule has 1 aromatic heterocycles. The van der Waals surface area contributed by atoms with Crippen LogP contribution in [0.5, 0.6) is 11.7 Å². The summed E-state index contributed by atoms with van der Waals surface area (Å²) in [5.41, 5.74) is 0.633. The third-order valence-electron chi connectivity index (χ3n) is 4.55. The van der Waals surface area contributed by atoms with Crippen molar-refractivity contribution in [1.29, 1.82) is 0 Å². The third kappa shape index (κ3) is 2.94. The van der Waals surface area contributed by atoms with E-state index in [2.05, 4.69) is 15.6 Å². The van der Waals surface area contributed by atoms with Gasteiger partial charge in [0.2, 0.25) is 0 Å². The van der Waals surface area contributed by atoms with Crippen molar-refractivity contribution in [2.75, 3.05) is 0 Å². The van der Waals surface area contributed by atoms with Crippen LogP contribution in [0.15, 0.2) is 34.9 Å². The molecule has 120 valence electrons. The highest BCUT2D eigenvalue weighted by molar-refractivity contribution is 5.94. The fourth-order valence-electron chi connectivity index (χ4n) is 3.41. The van der Waals surface area contributed by atoms with Gasteiger partial charge in [-0.3, -0.25) is 4.79 Å². The first kappa shape index (κ1) is 14.3. The largest absolute Gasteiger partial charge is 0.425 e. The molecule has 23 heavy (non-hydrogen) atoms. The van der Waals surface area contributed by atoms with Crippen molar-refractivity contribution in [2.24, 2.45) is 0 Å². The van der Waals surface area contributed by atoms with Gasteiger partial charge in [0, 0.05) is 30.6 Å². The van der Waals surface area contributed by atoms with Crippen LogP contribution in [0.25, 0.3) is 0 Å². The van der Waals surface area contributed by atoms with E-state index in [0.29, 0.717) is 35.2 Å². The number of ether oxygens (including phenoxy) is 1. The molecule has 0 unspecified atom stereocenters. The summed E-state index contributed by atoms with van der Waals surface area (Å²) in [5.74, 6) is 1.47. The van der Waals surface area contributed by atoms with E-state index in [1.807, 2.05) is 0 Å². The van der Waals surface area contributed by atoms with Gasteiger partial charge in [0.1, 0.15) is 11.9 Å². The highest BCUT2D eigenvalue weighted by Gasteiger charge is 2.39. The molecule has 2 aromatic rings. The number of benzene rings is 1. The molecule has 3 heterocycles. The van der Waals surface area contributed by atoms with E-state index in [1.54, 1.807) is 31.2 Å². The standard InChI is InChI=1S/C17H19N3O3/c1-10-18-9-16(22-10)23-13-5-2-11(3-6-13)17(21)20-15-8-12-4-7-14(15)19-12/h2-3,5-6,9,12,14-15,19H,4,7-8H2,1H3,(H,20,21)/t12-,14+,15-/m1/s1. The van der Waals surface area contributed by atoms with Crippen molar-refractivity contribution in [3.63, 3.8) is 0 Å². The Hall–Kier alpha value is -2.34. The lowest BCUT2D eigenvalue weighted by Crippen LogP contribution is -2.42. The molecule has 1 amide bonds. The summed E-state index contributed by atoms with van der Waals surface area (Å²) in [6.07, 6.45) is 4.93. The molecule has 6 heteroatoms. The molecule has 3 atom stereocenters. The second kappa shape index (κ2) is 5.70. The summed E-state index contributed by atoms with van der Waals surface area (Å²) < 4.78 is 10.8. The van der Waals surface area contributed by atoms with Crippen LogP contribution in [0.4, 0.5) is 0 Å². The summed E-state index contributed by atoms with van der Waals surface area (Å²) >= 11 is 0. The number of rotatable bonds is 4. The summed E-state index contributed by atoms with van der Waals surface area (Å²) in [7, 11) is 0. The normalized spacial score (nSPS) is 25.5. The molecule has 0 radical (unpaired) electrons. The smallest absolute Gasteiger partial charge is 0.310 e. The molecule has 6 nitrogen and oxygen atoms in total. The Labute approximate surface area is 134 Å². The van der Waals surface area contributed by atoms with Gasteiger partial charge >= 0.3 is 5.95 Å². The maximum absolute atomic E-state index is 12.3. The number of nitrogens with one attached hydrogen (secondary N) is 2. The van der Waals surface area contributed by atoms with Crippen LogP contribution in [0, 0.1) is 6.92 Å². The molecule has 0 spiro atoms. The Kier molecular flexibility index (Phi) is 3.53. The third-order valence-corrected chi connectivity index (χ3v) is 4.55. The molecule has 2 fully saturated rings. The van der Waals surface area contributed by atoms with Crippen LogP contribution in [0.3, 0.4) is 0 Å². The fraction of sp³-hybridized carbons (Fsp3) is 0.412. The average molecular weight is 313 g/mol. The van der Waals surface area contributed by atoms with Crippen molar-refractivity contribution >= 4 is 5.91 Å². The van der Waals surface area contributed by atoms with Crippen LogP contribution >= 0.6 is 0 Å². The van der Waals surface area contributed by atoms with Crippen molar-refractivity contribution < 1.29 is 13.9 Å². The van der Waals surface area contributed by atoms with Crippen molar-refractivity contribution in [2.45, 2.75) is 44.3 Å². The van der Waals surface area contributed by atoms with Gasteiger partial charge in [-0.15, -0.1) is 0 Å². The summed E-state index contributed by atoms with van der Waals surface area (Å²) in [6, 6.07) is 8.28. The fourth-order valence-corrected chi connectivity index (χ4v) is 3.41. The van der Waals surface area contributed by atoms with Crippen molar-refractivity contribution in [1.82, 2.24) is 15.6 Å². The zero-order valence-corrected chi connectivity index (χ0v) is 12.9. The zero-order valence-electron chi connectivity index (χ0n) is 12.9. The van der Waals surface area contributed by atoms with Gasteiger partial charge in [-0.05, 0) is 43.5 Å². The number of carbonyl (C=O) groups is 1. The molecule has 0 saturated carbocycles. The molecular weight excluding hydrogens is 294 g/mol. The van der Waals surface area contributed by atoms with Crippen molar-refractivity contribution in [3.05, 3.63) is 41.9 Å². The molecule has 0 aliphatic carbocycles. The lowest BCUT2D eigenvalue weighted by molar-refractivity contribution is 0.0931. The molecule has 2 N–H and O–H groups in total. The number of aryl methyl sites for hydroxylation is 1. The number of hydrogen-bond acceptors (Lipinski definition) is 5. The van der Waals surface area contributed by atoms with E-state index in [-0.39, 0.29) is 11.9 Å². The lowest BCUT2D eigenvalue weighted by Gasteiger charge is -2.21. The van der Waals surface area contributed by atoms with Gasteiger partial charge in [0.05, 0.1) is 0 Å². The Bertz CT molecular complexity index is 710. The first-order valence-electron chi connectivity index (χ1n) is 7.94. The first-order valence-corrected chi connectivity index (χ1v) is 7.94. The summed E-state index contributed by atoms with van der Waals surface area (Å²) in [6.45, 7) is 1.75. The maximum atomic E-state index is 12.3. The van der Waals surface area contributed by atoms with Gasteiger partial charge in [0.25, 0.3) is 5.91 Å². The minimum Gasteiger partial charge on any atom is -0.425 e. The number of carbonyl (C=O) groups excluding carboxylic acids is 1. The minimum atomic E-state index is -0.0357. The maximum Gasteiger partial charge on any atom is 0.310 e. The Balaban J connectivity index is 1.38. The van der Waals surface area contributed by atoms with Crippen LogP contribution < -0.4 is 15.4 Å². The van der Waals surface area contributed by atoms with E-state index in [0.717, 1.165) is 12.8 Å². The van der Waals surface area contributed by atoms with Crippen molar-refractivity contribution in [3.8, 4) is 11.7 Å². The lowest BCUT2D eigenvalue weighted by atomic mass is 9.95. The van der Waals surface area contributed by atoms with E-state index >= 15 is 0 Å². The number of oxazole rings is 1.